The lowest BCUT2D eigenvalue weighted by molar-refractivity contribution is 0.201. The monoisotopic (exact) mass is 374 g/mol. The second kappa shape index (κ2) is 7.92. The fraction of sp³-hybridized carbons (Fsp3) is 0.412. The highest BCUT2D eigenvalue weighted by Crippen LogP contribution is 2.42. The van der Waals surface area contributed by atoms with Gasteiger partial charge < -0.3 is 5.32 Å². The first-order valence-electron chi connectivity index (χ1n) is 8.51. The molecule has 0 radical (unpaired) electrons. The minimum absolute atomic E-state index is 0.602. The number of aromatic nitrogens is 2. The Morgan fingerprint density at radius 2 is 2.12 bits per heavy atom. The van der Waals surface area contributed by atoms with Gasteiger partial charge >= 0.3 is 0 Å². The number of benzene rings is 1. The molecule has 1 aromatic carbocycles. The molecule has 3 heterocycles. The molecule has 0 bridgehead atoms. The summed E-state index contributed by atoms with van der Waals surface area (Å²) >= 11 is 3.27. The molecule has 132 valence electrons. The van der Waals surface area contributed by atoms with Crippen molar-refractivity contribution < 1.29 is 0 Å². The van der Waals surface area contributed by atoms with E-state index in [1.807, 2.05) is 7.05 Å². The van der Waals surface area contributed by atoms with Gasteiger partial charge in [-0.25, -0.2) is 14.7 Å². The average Bonchev–Trinajstić information content (AvgIpc) is 2.66. The largest absolute Gasteiger partial charge is 0.337 e. The number of hydrogen-bond acceptors (Lipinski definition) is 8. The van der Waals surface area contributed by atoms with Gasteiger partial charge in [0.15, 0.2) is 5.82 Å². The molecule has 0 spiro atoms. The van der Waals surface area contributed by atoms with Crippen LogP contribution in [0, 0.1) is 0 Å². The Balaban J connectivity index is 1.37. The second-order valence-electron chi connectivity index (χ2n) is 6.24. The highest BCUT2D eigenvalue weighted by Gasteiger charge is 2.21. The normalized spacial score (nSPS) is 17.6. The van der Waals surface area contributed by atoms with Crippen molar-refractivity contribution in [3.05, 3.63) is 36.2 Å². The van der Waals surface area contributed by atoms with E-state index in [4.69, 9.17) is 0 Å². The molecule has 1 saturated heterocycles. The summed E-state index contributed by atoms with van der Waals surface area (Å²) in [7, 11) is 1.94. The third-order valence-corrected chi connectivity index (χ3v) is 6.21. The molecule has 8 heteroatoms. The molecule has 3 N–H and O–H groups in total. The summed E-state index contributed by atoms with van der Waals surface area (Å²) in [4.78, 5) is 12.5. The summed E-state index contributed by atoms with van der Waals surface area (Å²) < 4.78 is 6.53. The maximum absolute atomic E-state index is 4.38. The van der Waals surface area contributed by atoms with Crippen LogP contribution in [0.4, 0.5) is 11.5 Å². The molecule has 1 aromatic heterocycles. The van der Waals surface area contributed by atoms with Crippen LogP contribution >= 0.6 is 23.9 Å². The topological polar surface area (TPSA) is 65.1 Å². The van der Waals surface area contributed by atoms with Crippen LogP contribution in [0.25, 0.3) is 0 Å². The van der Waals surface area contributed by atoms with E-state index in [2.05, 4.69) is 47.8 Å². The van der Waals surface area contributed by atoms with E-state index in [-0.39, 0.29) is 0 Å². The van der Waals surface area contributed by atoms with Crippen LogP contribution in [0.5, 0.6) is 0 Å². The Labute approximate surface area is 156 Å². The number of rotatable bonds is 5. The predicted molar refractivity (Wildman–Crippen MR) is 104 cm³/mol. The van der Waals surface area contributed by atoms with Gasteiger partial charge in [-0.05, 0) is 50.7 Å². The molecule has 1 fully saturated rings. The number of anilines is 2. The Kier molecular flexibility index (Phi) is 5.42. The van der Waals surface area contributed by atoms with Gasteiger partial charge in [0.25, 0.3) is 0 Å². The number of fused-ring (bicyclic) bond motifs is 2. The average molecular weight is 375 g/mol. The summed E-state index contributed by atoms with van der Waals surface area (Å²) in [5.41, 5.74) is 2.48. The van der Waals surface area contributed by atoms with Gasteiger partial charge in [-0.2, -0.15) is 0 Å². The quantitative estimate of drug-likeness (QED) is 0.589. The van der Waals surface area contributed by atoms with E-state index < -0.39 is 0 Å². The van der Waals surface area contributed by atoms with Gasteiger partial charge in [0.2, 0.25) is 0 Å². The van der Waals surface area contributed by atoms with E-state index in [1.165, 1.54) is 23.3 Å². The number of nitrogens with one attached hydrogen (secondary N) is 3. The zero-order valence-electron chi connectivity index (χ0n) is 14.2. The fourth-order valence-electron chi connectivity index (χ4n) is 3.19. The summed E-state index contributed by atoms with van der Waals surface area (Å²) in [6, 6.07) is 7.28. The highest BCUT2D eigenvalue weighted by molar-refractivity contribution is 7.99. The van der Waals surface area contributed by atoms with E-state index in [9.17, 15) is 0 Å². The Bertz CT molecular complexity index is 733. The Hall–Kier alpha value is -1.32. The predicted octanol–water partition coefficient (Wildman–Crippen LogP) is 3.02. The minimum atomic E-state index is 0.602. The fourth-order valence-corrected chi connectivity index (χ4v) is 4.59. The Morgan fingerprint density at radius 3 is 2.96 bits per heavy atom. The van der Waals surface area contributed by atoms with Crippen molar-refractivity contribution in [1.29, 1.82) is 0 Å². The summed E-state index contributed by atoms with van der Waals surface area (Å²) in [6.45, 7) is 3.27. The molecule has 0 atom stereocenters. The molecular weight excluding hydrogens is 352 g/mol. The highest BCUT2D eigenvalue weighted by atomic mass is 32.2. The zero-order valence-corrected chi connectivity index (χ0v) is 15.8. The second-order valence-corrected chi connectivity index (χ2v) is 8.12. The molecule has 0 saturated carbocycles. The van der Waals surface area contributed by atoms with E-state index in [0.29, 0.717) is 6.04 Å². The van der Waals surface area contributed by atoms with Gasteiger partial charge in [0.05, 0.1) is 5.69 Å². The first-order chi connectivity index (χ1) is 12.3. The summed E-state index contributed by atoms with van der Waals surface area (Å²) in [5.74, 6) is 0.853. The Morgan fingerprint density at radius 1 is 1.28 bits per heavy atom. The van der Waals surface area contributed by atoms with Crippen molar-refractivity contribution in [2.45, 2.75) is 35.3 Å². The van der Waals surface area contributed by atoms with Crippen molar-refractivity contribution in [3.63, 3.8) is 0 Å². The van der Waals surface area contributed by atoms with Crippen LogP contribution in [0.15, 0.2) is 40.5 Å². The molecule has 0 unspecified atom stereocenters. The van der Waals surface area contributed by atoms with Gasteiger partial charge in [0, 0.05) is 42.0 Å². The lowest BCUT2D eigenvalue weighted by Crippen LogP contribution is -2.40. The van der Waals surface area contributed by atoms with Crippen LogP contribution in [-0.2, 0) is 6.54 Å². The third-order valence-electron chi connectivity index (χ3n) is 4.49. The SMILES string of the molecule is CNSNC1CCN(Cc2ccc3c(c2)Nc2nccnc2S3)CC1. The van der Waals surface area contributed by atoms with Crippen molar-refractivity contribution in [1.82, 2.24) is 24.3 Å². The molecule has 2 aliphatic rings. The molecule has 0 amide bonds. The molecule has 25 heavy (non-hydrogen) atoms. The molecule has 2 aromatic rings. The van der Waals surface area contributed by atoms with Crippen LogP contribution in [-0.4, -0.2) is 41.0 Å². The number of piperidine rings is 1. The van der Waals surface area contributed by atoms with Crippen molar-refractivity contribution in [3.8, 4) is 0 Å². The maximum atomic E-state index is 4.38. The van der Waals surface area contributed by atoms with Crippen LogP contribution in [0.3, 0.4) is 0 Å². The molecular formula is C17H22N6S2. The van der Waals surface area contributed by atoms with Crippen LogP contribution in [0.2, 0.25) is 0 Å². The van der Waals surface area contributed by atoms with Gasteiger partial charge in [-0.1, -0.05) is 17.8 Å². The lowest BCUT2D eigenvalue weighted by Gasteiger charge is -2.32. The summed E-state index contributed by atoms with van der Waals surface area (Å²) in [5, 5.41) is 4.36. The van der Waals surface area contributed by atoms with Crippen LogP contribution < -0.4 is 14.8 Å². The van der Waals surface area contributed by atoms with E-state index in [0.717, 1.165) is 36.2 Å². The van der Waals surface area contributed by atoms with Gasteiger partial charge in [0.1, 0.15) is 5.03 Å². The van der Waals surface area contributed by atoms with Crippen LogP contribution in [0.1, 0.15) is 18.4 Å². The first kappa shape index (κ1) is 17.1. The number of hydrogen-bond donors (Lipinski definition) is 3. The zero-order chi connectivity index (χ0) is 17.1. The molecule has 0 aliphatic carbocycles. The number of nitrogens with zero attached hydrogens (tertiary/aromatic N) is 3. The smallest absolute Gasteiger partial charge is 0.163 e. The molecule has 4 rings (SSSR count). The third kappa shape index (κ3) is 4.09. The van der Waals surface area contributed by atoms with E-state index >= 15 is 0 Å². The van der Waals surface area contributed by atoms with E-state index in [1.54, 1.807) is 36.3 Å². The standard InChI is InChI=1S/C17H22N6S2/c1-18-25-22-13-4-8-23(9-5-13)11-12-2-3-15-14(10-12)21-16-17(24-15)20-7-6-19-16/h2-3,6-7,10,13,18,22H,4-5,8-9,11H2,1H3,(H,19,21). The minimum Gasteiger partial charge on any atom is -0.337 e. The maximum Gasteiger partial charge on any atom is 0.163 e. The van der Waals surface area contributed by atoms with Crippen molar-refractivity contribution in [2.75, 3.05) is 25.5 Å². The van der Waals surface area contributed by atoms with Crippen molar-refractivity contribution in [2.24, 2.45) is 0 Å². The molecule has 2 aliphatic heterocycles. The van der Waals surface area contributed by atoms with Crippen molar-refractivity contribution >= 4 is 35.4 Å². The first-order valence-corrected chi connectivity index (χ1v) is 10.1. The summed E-state index contributed by atoms with van der Waals surface area (Å²) in [6.07, 6.45) is 5.85. The van der Waals surface area contributed by atoms with Gasteiger partial charge in [-0.15, -0.1) is 0 Å². The van der Waals surface area contributed by atoms with Gasteiger partial charge in [-0.3, -0.25) is 9.62 Å². The molecule has 6 nitrogen and oxygen atoms in total. The number of likely N-dealkylation sites (tertiary alicyclic amines) is 1. The lowest BCUT2D eigenvalue weighted by atomic mass is 10.1.